The Kier molecular flexibility index (Phi) is 4.90. The van der Waals surface area contributed by atoms with E-state index in [1.165, 1.54) is 37.1 Å². The number of nitrogens with one attached hydrogen (secondary N) is 1. The molecule has 128 valence electrons. The first-order valence-corrected chi connectivity index (χ1v) is 8.82. The average molecular weight is 319 g/mol. The van der Waals surface area contributed by atoms with Crippen molar-refractivity contribution in [1.29, 1.82) is 0 Å². The molecule has 2 aliphatic rings. The Hall–Kier alpha value is -1.56. The summed E-state index contributed by atoms with van der Waals surface area (Å²) in [4.78, 5) is 17.0. The molecule has 1 aromatic rings. The van der Waals surface area contributed by atoms with Crippen LogP contribution in [0.3, 0.4) is 0 Å². The molecule has 2 aliphatic heterocycles. The zero-order valence-electron chi connectivity index (χ0n) is 14.6. The van der Waals surface area contributed by atoms with Crippen LogP contribution in [-0.2, 0) is 13.5 Å². The van der Waals surface area contributed by atoms with Crippen LogP contribution in [0.2, 0.25) is 0 Å². The van der Waals surface area contributed by atoms with Gasteiger partial charge in [-0.1, -0.05) is 6.42 Å². The Bertz CT molecular complexity index is 568. The fourth-order valence-corrected chi connectivity index (χ4v) is 3.93. The molecule has 1 aromatic heterocycles. The van der Waals surface area contributed by atoms with Crippen LogP contribution in [0.4, 0.5) is 4.79 Å². The summed E-state index contributed by atoms with van der Waals surface area (Å²) in [6.07, 6.45) is 4.70. The number of urea groups is 1. The van der Waals surface area contributed by atoms with Crippen LogP contribution >= 0.6 is 0 Å². The van der Waals surface area contributed by atoms with E-state index in [9.17, 15) is 4.79 Å². The van der Waals surface area contributed by atoms with Crippen molar-refractivity contribution in [3.8, 4) is 0 Å². The highest BCUT2D eigenvalue weighted by molar-refractivity contribution is 5.74. The monoisotopic (exact) mass is 319 g/mol. The topological polar surface area (TPSA) is 53.4 Å². The Morgan fingerprint density at radius 2 is 2.09 bits per heavy atom. The van der Waals surface area contributed by atoms with E-state index in [0.29, 0.717) is 12.6 Å². The van der Waals surface area contributed by atoms with Crippen molar-refractivity contribution in [2.45, 2.75) is 45.6 Å². The molecule has 2 fully saturated rings. The third-order valence-electron chi connectivity index (χ3n) is 5.43. The molecule has 23 heavy (non-hydrogen) atoms. The van der Waals surface area contributed by atoms with Gasteiger partial charge in [0, 0.05) is 45.0 Å². The van der Waals surface area contributed by atoms with E-state index in [1.807, 2.05) is 23.6 Å². The molecule has 2 saturated heterocycles. The van der Waals surface area contributed by atoms with E-state index >= 15 is 0 Å². The van der Waals surface area contributed by atoms with Gasteiger partial charge in [-0.15, -0.1) is 0 Å². The van der Waals surface area contributed by atoms with E-state index in [1.54, 1.807) is 0 Å². The van der Waals surface area contributed by atoms with Crippen molar-refractivity contribution >= 4 is 6.03 Å². The normalized spacial score (nSPS) is 22.0. The summed E-state index contributed by atoms with van der Waals surface area (Å²) in [7, 11) is 1.97. The lowest BCUT2D eigenvalue weighted by Gasteiger charge is -2.43. The van der Waals surface area contributed by atoms with Crippen molar-refractivity contribution in [2.24, 2.45) is 7.05 Å². The maximum Gasteiger partial charge on any atom is 0.317 e. The molecule has 0 radical (unpaired) electrons. The van der Waals surface area contributed by atoms with Crippen LogP contribution in [0, 0.1) is 13.8 Å². The van der Waals surface area contributed by atoms with E-state index in [-0.39, 0.29) is 6.03 Å². The van der Waals surface area contributed by atoms with Gasteiger partial charge >= 0.3 is 6.03 Å². The molecule has 0 spiro atoms. The predicted molar refractivity (Wildman–Crippen MR) is 90.6 cm³/mol. The molecule has 6 nitrogen and oxygen atoms in total. The third-order valence-corrected chi connectivity index (χ3v) is 5.43. The van der Waals surface area contributed by atoms with E-state index in [2.05, 4.69) is 22.2 Å². The van der Waals surface area contributed by atoms with Crippen molar-refractivity contribution in [1.82, 2.24) is 24.9 Å². The van der Waals surface area contributed by atoms with Gasteiger partial charge in [-0.05, 0) is 45.2 Å². The number of nitrogens with zero attached hydrogens (tertiary/aromatic N) is 4. The van der Waals surface area contributed by atoms with Crippen LogP contribution in [0.25, 0.3) is 0 Å². The first-order valence-electron chi connectivity index (χ1n) is 8.82. The first-order chi connectivity index (χ1) is 11.1. The number of carbonyl (C=O) groups excluding carboxylic acids is 1. The average Bonchev–Trinajstić information content (AvgIpc) is 2.80. The summed E-state index contributed by atoms with van der Waals surface area (Å²) in [6.45, 7) is 8.77. The van der Waals surface area contributed by atoms with E-state index in [4.69, 9.17) is 0 Å². The number of rotatable bonds is 3. The minimum absolute atomic E-state index is 0.0921. The number of piperazine rings is 1. The summed E-state index contributed by atoms with van der Waals surface area (Å²) in [5.74, 6) is 0. The molecule has 0 unspecified atom stereocenters. The van der Waals surface area contributed by atoms with Crippen LogP contribution < -0.4 is 5.32 Å². The summed E-state index contributed by atoms with van der Waals surface area (Å²) in [5, 5.41) is 7.52. The second kappa shape index (κ2) is 6.91. The second-order valence-electron chi connectivity index (χ2n) is 6.89. The molecule has 6 heteroatoms. The number of amides is 2. The molecule has 1 atom stereocenters. The lowest BCUT2D eigenvalue weighted by molar-refractivity contribution is 0.0644. The zero-order valence-corrected chi connectivity index (χ0v) is 14.6. The largest absolute Gasteiger partial charge is 0.338 e. The van der Waals surface area contributed by atoms with Gasteiger partial charge in [0.25, 0.3) is 0 Å². The van der Waals surface area contributed by atoms with Crippen LogP contribution in [-0.4, -0.2) is 64.4 Å². The third kappa shape index (κ3) is 3.52. The Labute approximate surface area is 138 Å². The van der Waals surface area contributed by atoms with E-state index < -0.39 is 0 Å². The quantitative estimate of drug-likeness (QED) is 0.918. The maximum absolute atomic E-state index is 12.4. The number of fused-ring (bicyclic) bond motifs is 1. The van der Waals surface area contributed by atoms with Gasteiger partial charge < -0.3 is 10.2 Å². The van der Waals surface area contributed by atoms with E-state index in [0.717, 1.165) is 31.7 Å². The number of hydrogen-bond acceptors (Lipinski definition) is 3. The highest BCUT2D eigenvalue weighted by Gasteiger charge is 2.30. The Morgan fingerprint density at radius 1 is 1.26 bits per heavy atom. The standard InChI is InChI=1S/C17H29N5O/c1-13-16(14(2)20(3)19-13)7-8-18-17(23)22-11-10-21-9-5-4-6-15(21)12-22/h15H,4-12H2,1-3H3,(H,18,23)/t15-/m1/s1. The highest BCUT2D eigenvalue weighted by atomic mass is 16.2. The summed E-state index contributed by atoms with van der Waals surface area (Å²) < 4.78 is 1.91. The predicted octanol–water partition coefficient (Wildman–Crippen LogP) is 1.46. The lowest BCUT2D eigenvalue weighted by Crippen LogP contribution is -2.58. The lowest BCUT2D eigenvalue weighted by atomic mass is 10.00. The molecule has 1 N–H and O–H groups in total. The highest BCUT2D eigenvalue weighted by Crippen LogP contribution is 2.21. The van der Waals surface area contributed by atoms with Crippen LogP contribution in [0.15, 0.2) is 0 Å². The Morgan fingerprint density at radius 3 is 2.83 bits per heavy atom. The smallest absolute Gasteiger partial charge is 0.317 e. The molecule has 3 heterocycles. The molecular weight excluding hydrogens is 290 g/mol. The van der Waals surface area contributed by atoms with Crippen LogP contribution in [0.5, 0.6) is 0 Å². The number of aromatic nitrogens is 2. The van der Waals surface area contributed by atoms with Crippen molar-refractivity contribution in [2.75, 3.05) is 32.7 Å². The van der Waals surface area contributed by atoms with Gasteiger partial charge in [0.2, 0.25) is 0 Å². The number of aryl methyl sites for hydroxylation is 2. The maximum atomic E-state index is 12.4. The fraction of sp³-hybridized carbons (Fsp3) is 0.765. The minimum Gasteiger partial charge on any atom is -0.338 e. The summed E-state index contributed by atoms with van der Waals surface area (Å²) >= 11 is 0. The molecule has 0 aliphatic carbocycles. The Balaban J connectivity index is 1.48. The SMILES string of the molecule is Cc1nn(C)c(C)c1CCNC(=O)N1CCN2CCCC[C@@H]2C1. The van der Waals surface area contributed by atoms with Gasteiger partial charge in [-0.2, -0.15) is 5.10 Å². The number of hydrogen-bond donors (Lipinski definition) is 1. The summed E-state index contributed by atoms with van der Waals surface area (Å²) in [6, 6.07) is 0.667. The summed E-state index contributed by atoms with van der Waals surface area (Å²) in [5.41, 5.74) is 3.51. The van der Waals surface area contributed by atoms with Crippen molar-refractivity contribution in [3.63, 3.8) is 0 Å². The molecule has 0 aromatic carbocycles. The number of piperidine rings is 1. The van der Waals surface area contributed by atoms with Gasteiger partial charge in [0.1, 0.15) is 0 Å². The molecule has 0 bridgehead atoms. The molecule has 0 saturated carbocycles. The van der Waals surface area contributed by atoms with Gasteiger partial charge in [0.15, 0.2) is 0 Å². The first kappa shape index (κ1) is 16.3. The van der Waals surface area contributed by atoms with Gasteiger partial charge in [0.05, 0.1) is 5.69 Å². The van der Waals surface area contributed by atoms with Gasteiger partial charge in [-0.3, -0.25) is 9.58 Å². The molecular formula is C17H29N5O. The number of carbonyl (C=O) groups is 1. The zero-order chi connectivity index (χ0) is 16.4. The van der Waals surface area contributed by atoms with Crippen molar-refractivity contribution < 1.29 is 4.79 Å². The molecule has 2 amide bonds. The van der Waals surface area contributed by atoms with Gasteiger partial charge in [-0.25, -0.2) is 4.79 Å². The van der Waals surface area contributed by atoms with Crippen LogP contribution in [0.1, 0.15) is 36.2 Å². The second-order valence-corrected chi connectivity index (χ2v) is 6.89. The van der Waals surface area contributed by atoms with Crippen molar-refractivity contribution in [3.05, 3.63) is 17.0 Å². The molecule has 3 rings (SSSR count). The minimum atomic E-state index is 0.0921. The fourth-order valence-electron chi connectivity index (χ4n) is 3.93.